The number of carbonyl (C=O) groups excluding carboxylic acids is 1. The van der Waals surface area contributed by atoms with Crippen LogP contribution < -0.4 is 0 Å². The van der Waals surface area contributed by atoms with Crippen LogP contribution in [0.3, 0.4) is 0 Å². The van der Waals surface area contributed by atoms with Gasteiger partial charge in [0.2, 0.25) is 0 Å². The minimum absolute atomic E-state index is 0.0294. The quantitative estimate of drug-likeness (QED) is 0.858. The van der Waals surface area contributed by atoms with E-state index in [2.05, 4.69) is 22.1 Å². The molecule has 1 atom stereocenters. The van der Waals surface area contributed by atoms with Gasteiger partial charge in [0.1, 0.15) is 5.69 Å². The largest absolute Gasteiger partial charge is 0.374 e. The predicted octanol–water partition coefficient (Wildman–Crippen LogP) is 1.56. The van der Waals surface area contributed by atoms with Gasteiger partial charge < -0.3 is 9.64 Å². The summed E-state index contributed by atoms with van der Waals surface area (Å²) in [5.41, 5.74) is 1.61. The van der Waals surface area contributed by atoms with Crippen molar-refractivity contribution in [2.45, 2.75) is 12.5 Å². The van der Waals surface area contributed by atoms with Crippen LogP contribution in [0.15, 0.2) is 48.9 Å². The van der Waals surface area contributed by atoms with Gasteiger partial charge in [-0.3, -0.25) is 9.78 Å². The minimum Gasteiger partial charge on any atom is -0.374 e. The van der Waals surface area contributed by atoms with Crippen LogP contribution in [0.1, 0.15) is 16.1 Å². The molecule has 5 heteroatoms. The van der Waals surface area contributed by atoms with E-state index in [1.54, 1.807) is 11.1 Å². The summed E-state index contributed by atoms with van der Waals surface area (Å²) < 4.78 is 5.77. The van der Waals surface area contributed by atoms with Crippen LogP contribution in [0.2, 0.25) is 0 Å². The van der Waals surface area contributed by atoms with Crippen LogP contribution in [-0.4, -0.2) is 46.6 Å². The molecule has 1 aliphatic rings. The first-order chi connectivity index (χ1) is 10.3. The Bertz CT molecular complexity index is 589. The van der Waals surface area contributed by atoms with E-state index in [0.29, 0.717) is 25.4 Å². The summed E-state index contributed by atoms with van der Waals surface area (Å²) in [6.45, 7) is 1.74. The Kier molecular flexibility index (Phi) is 4.21. The molecule has 2 aromatic rings. The number of hydrogen-bond donors (Lipinski definition) is 0. The second kappa shape index (κ2) is 6.45. The molecule has 108 valence electrons. The second-order valence-electron chi connectivity index (χ2n) is 5.02. The van der Waals surface area contributed by atoms with Crippen LogP contribution in [0.5, 0.6) is 0 Å². The molecule has 1 aromatic heterocycles. The highest BCUT2D eigenvalue weighted by Crippen LogP contribution is 2.13. The Hall–Kier alpha value is -2.27. The first-order valence-corrected chi connectivity index (χ1v) is 7.04. The maximum Gasteiger partial charge on any atom is 0.274 e. The average Bonchev–Trinajstić information content (AvgIpc) is 2.56. The Morgan fingerprint density at radius 2 is 2.14 bits per heavy atom. The molecule has 1 amide bonds. The van der Waals surface area contributed by atoms with Crippen LogP contribution in [0, 0.1) is 0 Å². The lowest BCUT2D eigenvalue weighted by atomic mass is 10.1. The molecule has 0 unspecified atom stereocenters. The van der Waals surface area contributed by atoms with Crippen LogP contribution >= 0.6 is 0 Å². The predicted molar refractivity (Wildman–Crippen MR) is 77.8 cm³/mol. The van der Waals surface area contributed by atoms with Gasteiger partial charge in [0.25, 0.3) is 5.91 Å². The summed E-state index contributed by atoms with van der Waals surface area (Å²) in [5.74, 6) is -0.0792. The molecule has 5 nitrogen and oxygen atoms in total. The number of benzene rings is 1. The molecule has 0 aliphatic carbocycles. The van der Waals surface area contributed by atoms with Crippen molar-refractivity contribution in [3.8, 4) is 0 Å². The highest BCUT2D eigenvalue weighted by Gasteiger charge is 2.25. The lowest BCUT2D eigenvalue weighted by Crippen LogP contribution is -2.46. The van der Waals surface area contributed by atoms with Crippen molar-refractivity contribution in [1.29, 1.82) is 0 Å². The molecule has 0 spiro atoms. The summed E-state index contributed by atoms with van der Waals surface area (Å²) >= 11 is 0. The summed E-state index contributed by atoms with van der Waals surface area (Å²) in [4.78, 5) is 22.2. The number of aromatic nitrogens is 2. The molecule has 1 fully saturated rings. The minimum atomic E-state index is -0.0792. The Labute approximate surface area is 123 Å². The Morgan fingerprint density at radius 3 is 2.90 bits per heavy atom. The van der Waals surface area contributed by atoms with E-state index in [4.69, 9.17) is 4.74 Å². The molecular formula is C16H17N3O2. The smallest absolute Gasteiger partial charge is 0.274 e. The molecule has 1 saturated heterocycles. The maximum atomic E-state index is 12.4. The van der Waals surface area contributed by atoms with Gasteiger partial charge in [0.05, 0.1) is 18.9 Å². The highest BCUT2D eigenvalue weighted by molar-refractivity contribution is 5.92. The van der Waals surface area contributed by atoms with Crippen molar-refractivity contribution in [1.82, 2.24) is 14.9 Å². The number of nitrogens with zero attached hydrogens (tertiary/aromatic N) is 3. The zero-order valence-corrected chi connectivity index (χ0v) is 11.7. The summed E-state index contributed by atoms with van der Waals surface area (Å²) in [5, 5.41) is 0. The Balaban J connectivity index is 1.64. The monoisotopic (exact) mass is 283 g/mol. The van der Waals surface area contributed by atoms with Gasteiger partial charge in [0, 0.05) is 31.9 Å². The summed E-state index contributed by atoms with van der Waals surface area (Å²) in [7, 11) is 0. The number of ether oxygens (including phenoxy) is 1. The van der Waals surface area contributed by atoms with Gasteiger partial charge in [-0.05, 0) is 5.56 Å². The van der Waals surface area contributed by atoms with Gasteiger partial charge in [-0.2, -0.15) is 0 Å². The molecule has 3 rings (SSSR count). The molecule has 2 heterocycles. The molecule has 1 aliphatic heterocycles. The van der Waals surface area contributed by atoms with Crippen molar-refractivity contribution < 1.29 is 9.53 Å². The fourth-order valence-electron chi connectivity index (χ4n) is 2.48. The fourth-order valence-corrected chi connectivity index (χ4v) is 2.48. The van der Waals surface area contributed by atoms with Gasteiger partial charge in [-0.15, -0.1) is 0 Å². The topological polar surface area (TPSA) is 55.3 Å². The van der Waals surface area contributed by atoms with Crippen LogP contribution in [0.4, 0.5) is 0 Å². The molecule has 1 aromatic carbocycles. The lowest BCUT2D eigenvalue weighted by molar-refractivity contribution is -0.0210. The van der Waals surface area contributed by atoms with Crippen LogP contribution in [0.25, 0.3) is 0 Å². The molecule has 0 bridgehead atoms. The first-order valence-electron chi connectivity index (χ1n) is 7.04. The number of carbonyl (C=O) groups is 1. The van der Waals surface area contributed by atoms with Crippen molar-refractivity contribution in [3.63, 3.8) is 0 Å². The van der Waals surface area contributed by atoms with E-state index in [-0.39, 0.29) is 12.0 Å². The first kappa shape index (κ1) is 13.7. The molecule has 21 heavy (non-hydrogen) atoms. The second-order valence-corrected chi connectivity index (χ2v) is 5.02. The van der Waals surface area contributed by atoms with Crippen molar-refractivity contribution in [2.24, 2.45) is 0 Å². The van der Waals surface area contributed by atoms with Gasteiger partial charge >= 0.3 is 0 Å². The SMILES string of the molecule is O=C(c1cnccn1)N1CCO[C@@H](Cc2ccccc2)C1. The third kappa shape index (κ3) is 3.44. The van der Waals surface area contributed by atoms with Gasteiger partial charge in [-0.1, -0.05) is 30.3 Å². The molecule has 0 saturated carbocycles. The molecule has 0 N–H and O–H groups in total. The number of morpholine rings is 1. The molecule has 0 radical (unpaired) electrons. The zero-order valence-electron chi connectivity index (χ0n) is 11.7. The Morgan fingerprint density at radius 1 is 1.29 bits per heavy atom. The van der Waals surface area contributed by atoms with Crippen molar-refractivity contribution >= 4 is 5.91 Å². The van der Waals surface area contributed by atoms with E-state index in [1.807, 2.05) is 18.2 Å². The average molecular weight is 283 g/mol. The highest BCUT2D eigenvalue weighted by atomic mass is 16.5. The molecular weight excluding hydrogens is 266 g/mol. The van der Waals surface area contributed by atoms with Crippen molar-refractivity contribution in [2.75, 3.05) is 19.7 Å². The van der Waals surface area contributed by atoms with E-state index in [0.717, 1.165) is 6.42 Å². The van der Waals surface area contributed by atoms with Crippen molar-refractivity contribution in [3.05, 3.63) is 60.2 Å². The van der Waals surface area contributed by atoms with E-state index >= 15 is 0 Å². The normalized spacial score (nSPS) is 18.5. The van der Waals surface area contributed by atoms with Gasteiger partial charge in [-0.25, -0.2) is 4.98 Å². The number of rotatable bonds is 3. The van der Waals surface area contributed by atoms with Gasteiger partial charge in [0.15, 0.2) is 0 Å². The fraction of sp³-hybridized carbons (Fsp3) is 0.312. The summed E-state index contributed by atoms with van der Waals surface area (Å²) in [6.07, 6.45) is 5.44. The number of amides is 1. The lowest BCUT2D eigenvalue weighted by Gasteiger charge is -2.32. The zero-order chi connectivity index (χ0) is 14.5. The van der Waals surface area contributed by atoms with E-state index in [1.165, 1.54) is 18.0 Å². The maximum absolute atomic E-state index is 12.4. The van der Waals surface area contributed by atoms with E-state index < -0.39 is 0 Å². The third-order valence-corrected chi connectivity index (χ3v) is 3.51. The van der Waals surface area contributed by atoms with Crippen LogP contribution in [-0.2, 0) is 11.2 Å². The van der Waals surface area contributed by atoms with E-state index in [9.17, 15) is 4.79 Å². The standard InChI is InChI=1S/C16H17N3O2/c20-16(15-11-17-6-7-18-15)19-8-9-21-14(12-19)10-13-4-2-1-3-5-13/h1-7,11,14H,8-10,12H2/t14-/m0/s1. The summed E-state index contributed by atoms with van der Waals surface area (Å²) in [6, 6.07) is 10.2. The third-order valence-electron chi connectivity index (χ3n) is 3.51. The number of hydrogen-bond acceptors (Lipinski definition) is 4.